The maximum Gasteiger partial charge on any atom is 0.264 e. The number of sulfonamides is 2. The highest BCUT2D eigenvalue weighted by Gasteiger charge is 2.25. The zero-order valence-electron chi connectivity index (χ0n) is 21.0. The topological polar surface area (TPSA) is 113 Å². The quantitative estimate of drug-likeness (QED) is 0.314. The number of hydrogen-bond acceptors (Lipinski definition) is 5. The number of hydrogen-bond donors (Lipinski definition) is 2. The second kappa shape index (κ2) is 10.7. The van der Waals surface area contributed by atoms with Gasteiger partial charge in [-0.3, -0.25) is 13.8 Å². The Bertz CT molecular complexity index is 1680. The lowest BCUT2D eigenvalue weighted by atomic mass is 10.1. The number of nitrogens with one attached hydrogen (secondary N) is 2. The SMILES string of the molecule is Cc1ccc(S(=O)(=O)N(C)c2ccccc2C(=O)Nc2ccc(S(=O)(=O)Nc3ccccc3C)cc2)cc1. The van der Waals surface area contributed by atoms with E-state index in [1.807, 2.05) is 13.0 Å². The third kappa shape index (κ3) is 5.71. The summed E-state index contributed by atoms with van der Waals surface area (Å²) in [5.74, 6) is -0.541. The first-order valence-corrected chi connectivity index (χ1v) is 14.6. The second-order valence-electron chi connectivity index (χ2n) is 8.70. The molecule has 0 aromatic heterocycles. The summed E-state index contributed by atoms with van der Waals surface area (Å²) >= 11 is 0. The summed E-state index contributed by atoms with van der Waals surface area (Å²) in [6.07, 6.45) is 0. The van der Waals surface area contributed by atoms with Gasteiger partial charge in [0.05, 0.1) is 26.7 Å². The fourth-order valence-electron chi connectivity index (χ4n) is 3.75. The van der Waals surface area contributed by atoms with Gasteiger partial charge < -0.3 is 5.32 Å². The van der Waals surface area contributed by atoms with Crippen molar-refractivity contribution in [2.24, 2.45) is 0 Å². The maximum atomic E-state index is 13.2. The summed E-state index contributed by atoms with van der Waals surface area (Å²) in [4.78, 5) is 13.3. The number of nitrogens with zero attached hydrogens (tertiary/aromatic N) is 1. The Morgan fingerprint density at radius 1 is 0.711 bits per heavy atom. The van der Waals surface area contributed by atoms with Crippen LogP contribution in [0.4, 0.5) is 17.1 Å². The first-order chi connectivity index (χ1) is 18.0. The fourth-order valence-corrected chi connectivity index (χ4v) is 6.09. The van der Waals surface area contributed by atoms with E-state index in [1.54, 1.807) is 55.5 Å². The first-order valence-electron chi connectivity index (χ1n) is 11.6. The fraction of sp³-hybridized carbons (Fsp3) is 0.107. The van der Waals surface area contributed by atoms with Crippen LogP contribution in [0.25, 0.3) is 0 Å². The van der Waals surface area contributed by atoms with Crippen molar-refractivity contribution in [1.82, 2.24) is 0 Å². The van der Waals surface area contributed by atoms with Gasteiger partial charge in [0.2, 0.25) is 0 Å². The van der Waals surface area contributed by atoms with Gasteiger partial charge in [0, 0.05) is 12.7 Å². The van der Waals surface area contributed by atoms with E-state index in [-0.39, 0.29) is 21.0 Å². The zero-order chi connectivity index (χ0) is 27.5. The molecule has 0 radical (unpaired) electrons. The second-order valence-corrected chi connectivity index (χ2v) is 12.4. The molecule has 2 N–H and O–H groups in total. The summed E-state index contributed by atoms with van der Waals surface area (Å²) in [6.45, 7) is 3.67. The van der Waals surface area contributed by atoms with Crippen LogP contribution >= 0.6 is 0 Å². The van der Waals surface area contributed by atoms with Crippen LogP contribution < -0.4 is 14.3 Å². The lowest BCUT2D eigenvalue weighted by Crippen LogP contribution is -2.29. The molecule has 38 heavy (non-hydrogen) atoms. The summed E-state index contributed by atoms with van der Waals surface area (Å²) in [7, 11) is -6.35. The molecule has 0 saturated carbocycles. The normalized spacial score (nSPS) is 11.6. The summed E-state index contributed by atoms with van der Waals surface area (Å²) < 4.78 is 55.6. The van der Waals surface area contributed by atoms with Crippen molar-refractivity contribution < 1.29 is 21.6 Å². The van der Waals surface area contributed by atoms with E-state index in [4.69, 9.17) is 0 Å². The summed E-state index contributed by atoms with van der Waals surface area (Å²) in [6, 6.07) is 25.6. The van der Waals surface area contributed by atoms with E-state index in [0.29, 0.717) is 11.4 Å². The molecule has 0 heterocycles. The average molecular weight is 550 g/mol. The number of carbonyl (C=O) groups excluding carboxylic acids is 1. The third-order valence-electron chi connectivity index (χ3n) is 5.98. The van der Waals surface area contributed by atoms with E-state index in [0.717, 1.165) is 15.4 Å². The Morgan fingerprint density at radius 2 is 1.29 bits per heavy atom. The van der Waals surface area contributed by atoms with Gasteiger partial charge in [-0.05, 0) is 74.0 Å². The first kappa shape index (κ1) is 26.9. The molecule has 0 atom stereocenters. The molecule has 4 aromatic rings. The van der Waals surface area contributed by atoms with Gasteiger partial charge in [-0.25, -0.2) is 16.8 Å². The number of amides is 1. The Hall–Kier alpha value is -4.15. The molecule has 0 fully saturated rings. The molecule has 0 unspecified atom stereocenters. The van der Waals surface area contributed by atoms with E-state index in [9.17, 15) is 21.6 Å². The van der Waals surface area contributed by atoms with Crippen molar-refractivity contribution in [2.75, 3.05) is 21.4 Å². The predicted molar refractivity (Wildman–Crippen MR) is 150 cm³/mol. The van der Waals surface area contributed by atoms with Crippen LogP contribution in [0.5, 0.6) is 0 Å². The molecule has 0 aliphatic heterocycles. The number of para-hydroxylation sites is 2. The highest BCUT2D eigenvalue weighted by atomic mass is 32.2. The highest BCUT2D eigenvalue weighted by molar-refractivity contribution is 7.93. The molecule has 4 rings (SSSR count). The maximum absolute atomic E-state index is 13.2. The lowest BCUT2D eigenvalue weighted by molar-refractivity contribution is 0.102. The van der Waals surface area contributed by atoms with E-state index >= 15 is 0 Å². The largest absolute Gasteiger partial charge is 0.322 e. The monoisotopic (exact) mass is 549 g/mol. The predicted octanol–water partition coefficient (Wildman–Crippen LogP) is 5.18. The van der Waals surface area contributed by atoms with Gasteiger partial charge in [-0.1, -0.05) is 48.0 Å². The Morgan fingerprint density at radius 3 is 1.95 bits per heavy atom. The lowest BCUT2D eigenvalue weighted by Gasteiger charge is -2.22. The van der Waals surface area contributed by atoms with Gasteiger partial charge in [0.15, 0.2) is 0 Å². The number of aryl methyl sites for hydroxylation is 2. The van der Waals surface area contributed by atoms with Gasteiger partial charge in [-0.15, -0.1) is 0 Å². The van der Waals surface area contributed by atoms with E-state index in [1.165, 1.54) is 49.5 Å². The van der Waals surface area contributed by atoms with Crippen LogP contribution in [0.1, 0.15) is 21.5 Å². The van der Waals surface area contributed by atoms with E-state index in [2.05, 4.69) is 10.0 Å². The molecular formula is C28H27N3O5S2. The minimum Gasteiger partial charge on any atom is -0.322 e. The Labute approximate surface area is 223 Å². The van der Waals surface area contributed by atoms with Crippen LogP contribution in [-0.2, 0) is 20.0 Å². The smallest absolute Gasteiger partial charge is 0.264 e. The minimum absolute atomic E-state index is 0.0306. The minimum atomic E-state index is -3.91. The number of anilines is 3. The molecule has 10 heteroatoms. The van der Waals surface area contributed by atoms with Gasteiger partial charge in [-0.2, -0.15) is 0 Å². The molecule has 0 bridgehead atoms. The molecule has 0 saturated heterocycles. The van der Waals surface area contributed by atoms with Crippen LogP contribution in [-0.4, -0.2) is 29.8 Å². The van der Waals surface area contributed by atoms with Crippen LogP contribution in [0.2, 0.25) is 0 Å². The van der Waals surface area contributed by atoms with Crippen LogP contribution in [0, 0.1) is 13.8 Å². The van der Waals surface area contributed by atoms with Crippen molar-refractivity contribution in [3.63, 3.8) is 0 Å². The molecule has 1 amide bonds. The zero-order valence-corrected chi connectivity index (χ0v) is 22.7. The highest BCUT2D eigenvalue weighted by Crippen LogP contribution is 2.27. The van der Waals surface area contributed by atoms with Crippen molar-refractivity contribution >= 4 is 43.0 Å². The number of carbonyl (C=O) groups is 1. The Balaban J connectivity index is 1.54. The molecule has 0 aliphatic rings. The number of benzene rings is 4. The molecule has 0 spiro atoms. The molecule has 4 aromatic carbocycles. The summed E-state index contributed by atoms with van der Waals surface area (Å²) in [5, 5.41) is 2.71. The van der Waals surface area contributed by atoms with Crippen molar-refractivity contribution in [1.29, 1.82) is 0 Å². The van der Waals surface area contributed by atoms with E-state index < -0.39 is 26.0 Å². The summed E-state index contributed by atoms with van der Waals surface area (Å²) in [5.41, 5.74) is 2.88. The average Bonchev–Trinajstić information content (AvgIpc) is 2.90. The van der Waals surface area contributed by atoms with Crippen molar-refractivity contribution in [3.8, 4) is 0 Å². The van der Waals surface area contributed by atoms with Gasteiger partial charge in [0.25, 0.3) is 26.0 Å². The van der Waals surface area contributed by atoms with Crippen molar-refractivity contribution in [2.45, 2.75) is 23.6 Å². The van der Waals surface area contributed by atoms with Crippen molar-refractivity contribution in [3.05, 3.63) is 114 Å². The van der Waals surface area contributed by atoms with Gasteiger partial charge >= 0.3 is 0 Å². The Kier molecular flexibility index (Phi) is 7.56. The van der Waals surface area contributed by atoms with Crippen LogP contribution in [0.3, 0.4) is 0 Å². The molecule has 196 valence electrons. The molecular weight excluding hydrogens is 522 g/mol. The third-order valence-corrected chi connectivity index (χ3v) is 9.15. The molecule has 0 aliphatic carbocycles. The standard InChI is InChI=1S/C28H27N3O5S2/c1-20-12-16-24(17-13-20)38(35,36)31(3)27-11-7-5-9-25(27)28(32)29-22-14-18-23(19-15-22)37(33,34)30-26-10-6-4-8-21(26)2/h4-19,30H,1-3H3,(H,29,32). The number of rotatable bonds is 8. The van der Waals surface area contributed by atoms with Gasteiger partial charge in [0.1, 0.15) is 0 Å². The van der Waals surface area contributed by atoms with Crippen LogP contribution in [0.15, 0.2) is 107 Å². The molecule has 8 nitrogen and oxygen atoms in total.